The van der Waals surface area contributed by atoms with Gasteiger partial charge in [-0.3, -0.25) is 19.1 Å². The van der Waals surface area contributed by atoms with E-state index in [1.807, 2.05) is 6.92 Å². The van der Waals surface area contributed by atoms with Gasteiger partial charge in [0.1, 0.15) is 5.76 Å². The maximum absolute atomic E-state index is 13.0. The summed E-state index contributed by atoms with van der Waals surface area (Å²) >= 11 is 0. The van der Waals surface area contributed by atoms with Gasteiger partial charge < -0.3 is 20.2 Å². The number of amides is 2. The Balaban J connectivity index is 1.50. The van der Waals surface area contributed by atoms with E-state index in [9.17, 15) is 19.5 Å². The normalized spacial score (nSPS) is 25.1. The van der Waals surface area contributed by atoms with Gasteiger partial charge in [0.2, 0.25) is 5.91 Å². The average molecular weight is 400 g/mol. The number of furan rings is 1. The number of aliphatic carboxylic acids is 1. The van der Waals surface area contributed by atoms with Crippen LogP contribution >= 0.6 is 0 Å². The number of carbonyl (C=O) groups excluding carboxylic acids is 2. The molecule has 3 N–H and O–H groups in total. The van der Waals surface area contributed by atoms with Gasteiger partial charge in [0.05, 0.1) is 30.3 Å². The van der Waals surface area contributed by atoms with Gasteiger partial charge in [0.15, 0.2) is 5.69 Å². The zero-order valence-corrected chi connectivity index (χ0v) is 16.1. The van der Waals surface area contributed by atoms with Gasteiger partial charge in [-0.15, -0.1) is 0 Å². The minimum atomic E-state index is -0.919. The molecule has 2 heterocycles. The van der Waals surface area contributed by atoms with Crippen LogP contribution in [-0.2, 0) is 22.7 Å². The second kappa shape index (κ2) is 7.73. The average Bonchev–Trinajstić information content (AvgIpc) is 3.49. The van der Waals surface area contributed by atoms with Crippen molar-refractivity contribution >= 4 is 23.5 Å². The molecule has 4 rings (SSSR count). The van der Waals surface area contributed by atoms with Crippen molar-refractivity contribution in [1.29, 1.82) is 0 Å². The molecule has 2 bridgehead atoms. The molecule has 0 aliphatic heterocycles. The van der Waals surface area contributed by atoms with E-state index in [1.165, 1.54) is 6.26 Å². The molecule has 2 aliphatic carbocycles. The summed E-state index contributed by atoms with van der Waals surface area (Å²) in [6, 6.07) is 3.47. The third kappa shape index (κ3) is 3.64. The van der Waals surface area contributed by atoms with Gasteiger partial charge in [-0.05, 0) is 50.2 Å². The molecule has 2 saturated carbocycles. The van der Waals surface area contributed by atoms with Gasteiger partial charge in [0, 0.05) is 12.7 Å². The molecule has 2 aromatic heterocycles. The highest BCUT2D eigenvalue weighted by Gasteiger charge is 2.54. The van der Waals surface area contributed by atoms with Crippen LogP contribution in [0.15, 0.2) is 29.0 Å². The van der Waals surface area contributed by atoms with Crippen molar-refractivity contribution in [3.8, 4) is 0 Å². The topological polar surface area (TPSA) is 126 Å². The summed E-state index contributed by atoms with van der Waals surface area (Å²) in [5.74, 6) is -2.20. The van der Waals surface area contributed by atoms with Crippen LogP contribution in [0.2, 0.25) is 0 Å². The standard InChI is InChI=1S/C20H24N4O5/c1-2-24-10-14(17(23-24)19(26)21-9-13-4-3-7-29-13)22-18(25)15-11-5-6-12(8-11)16(15)20(27)28/h3-4,7,10-12,15-16H,2,5-6,8-9H2,1H3,(H,21,26)(H,22,25)(H,27,28)/t11-,12+,15+,16+/m1/s1. The number of hydrogen-bond donors (Lipinski definition) is 3. The van der Waals surface area contributed by atoms with Crippen molar-refractivity contribution < 1.29 is 23.9 Å². The molecule has 2 aromatic rings. The number of nitrogens with zero attached hydrogens (tertiary/aromatic N) is 2. The highest BCUT2D eigenvalue weighted by atomic mass is 16.4. The molecule has 0 radical (unpaired) electrons. The third-order valence-corrected chi connectivity index (χ3v) is 6.07. The zero-order valence-electron chi connectivity index (χ0n) is 16.1. The summed E-state index contributed by atoms with van der Waals surface area (Å²) in [5, 5.41) is 19.4. The molecule has 154 valence electrons. The summed E-state index contributed by atoms with van der Waals surface area (Å²) in [5.41, 5.74) is 0.391. The Morgan fingerprint density at radius 3 is 2.69 bits per heavy atom. The maximum atomic E-state index is 13.0. The van der Waals surface area contributed by atoms with Crippen molar-refractivity contribution in [2.24, 2.45) is 23.7 Å². The van der Waals surface area contributed by atoms with Gasteiger partial charge in [0.25, 0.3) is 5.91 Å². The summed E-state index contributed by atoms with van der Waals surface area (Å²) in [7, 11) is 0. The second-order valence-corrected chi connectivity index (χ2v) is 7.72. The van der Waals surface area contributed by atoms with Crippen LogP contribution < -0.4 is 10.6 Å². The lowest BCUT2D eigenvalue weighted by molar-refractivity contribution is -0.148. The number of carboxylic acid groups (broad SMARTS) is 1. The largest absolute Gasteiger partial charge is 0.481 e. The van der Waals surface area contributed by atoms with Crippen LogP contribution in [0.1, 0.15) is 42.4 Å². The summed E-state index contributed by atoms with van der Waals surface area (Å²) in [6.45, 7) is 2.60. The van der Waals surface area contributed by atoms with Crippen LogP contribution in [0.25, 0.3) is 0 Å². The first-order chi connectivity index (χ1) is 14.0. The van der Waals surface area contributed by atoms with Crippen LogP contribution in [0, 0.1) is 23.7 Å². The molecular weight excluding hydrogens is 376 g/mol. The number of nitrogens with one attached hydrogen (secondary N) is 2. The SMILES string of the molecule is CCn1cc(NC(=O)[C@H]2[C@@H]3CC[C@@H](C3)[C@@H]2C(=O)O)c(C(=O)NCc2ccco2)n1. The smallest absolute Gasteiger partial charge is 0.307 e. The van der Waals surface area contributed by atoms with Crippen molar-refractivity contribution in [2.75, 3.05) is 5.32 Å². The summed E-state index contributed by atoms with van der Waals surface area (Å²) in [4.78, 5) is 37.3. The van der Waals surface area contributed by atoms with E-state index in [-0.39, 0.29) is 30.0 Å². The van der Waals surface area contributed by atoms with Gasteiger partial charge in [-0.2, -0.15) is 5.10 Å². The number of carbonyl (C=O) groups is 3. The lowest BCUT2D eigenvalue weighted by atomic mass is 9.78. The molecule has 2 fully saturated rings. The molecule has 2 aliphatic rings. The Morgan fingerprint density at radius 2 is 2.03 bits per heavy atom. The molecule has 0 saturated heterocycles. The number of aryl methyl sites for hydroxylation is 1. The molecule has 29 heavy (non-hydrogen) atoms. The van der Waals surface area contributed by atoms with E-state index >= 15 is 0 Å². The first-order valence-corrected chi connectivity index (χ1v) is 9.89. The number of anilines is 1. The van der Waals surface area contributed by atoms with E-state index < -0.39 is 23.7 Å². The Bertz CT molecular complexity index is 919. The lowest BCUT2D eigenvalue weighted by Crippen LogP contribution is -2.38. The number of hydrogen-bond acceptors (Lipinski definition) is 5. The molecule has 2 amide bonds. The number of aromatic nitrogens is 2. The third-order valence-electron chi connectivity index (χ3n) is 6.07. The first kappa shape index (κ1) is 19.2. The van der Waals surface area contributed by atoms with Gasteiger partial charge in [-0.25, -0.2) is 0 Å². The lowest BCUT2D eigenvalue weighted by Gasteiger charge is -2.26. The fourth-order valence-corrected chi connectivity index (χ4v) is 4.75. The van der Waals surface area contributed by atoms with E-state index in [1.54, 1.807) is 23.0 Å². The predicted molar refractivity (Wildman–Crippen MR) is 102 cm³/mol. The van der Waals surface area contributed by atoms with E-state index in [2.05, 4.69) is 15.7 Å². The first-order valence-electron chi connectivity index (χ1n) is 9.89. The predicted octanol–water partition coefficient (Wildman–Crippen LogP) is 2.11. The van der Waals surface area contributed by atoms with Crippen LogP contribution in [0.5, 0.6) is 0 Å². The van der Waals surface area contributed by atoms with E-state index in [4.69, 9.17) is 4.42 Å². The van der Waals surface area contributed by atoms with Crippen LogP contribution in [-0.4, -0.2) is 32.7 Å². The number of carboxylic acids is 1. The molecule has 9 nitrogen and oxygen atoms in total. The quantitative estimate of drug-likeness (QED) is 0.653. The monoisotopic (exact) mass is 400 g/mol. The van der Waals surface area contributed by atoms with E-state index in [0.717, 1.165) is 19.3 Å². The Morgan fingerprint density at radius 1 is 1.28 bits per heavy atom. The van der Waals surface area contributed by atoms with Crippen molar-refractivity contribution in [3.05, 3.63) is 36.0 Å². The highest BCUT2D eigenvalue weighted by Crippen LogP contribution is 2.52. The Kier molecular flexibility index (Phi) is 5.12. The van der Waals surface area contributed by atoms with Crippen molar-refractivity contribution in [3.63, 3.8) is 0 Å². The number of fused-ring (bicyclic) bond motifs is 2. The molecular formula is C20H24N4O5. The molecule has 9 heteroatoms. The molecule has 4 atom stereocenters. The molecule has 0 aromatic carbocycles. The molecule has 0 unspecified atom stereocenters. The Labute approximate surface area is 167 Å². The minimum Gasteiger partial charge on any atom is -0.481 e. The van der Waals surface area contributed by atoms with Gasteiger partial charge in [-0.1, -0.05) is 0 Å². The zero-order chi connectivity index (χ0) is 20.5. The van der Waals surface area contributed by atoms with Crippen LogP contribution in [0.4, 0.5) is 5.69 Å². The minimum absolute atomic E-state index is 0.0580. The summed E-state index contributed by atoms with van der Waals surface area (Å²) in [6.07, 6.45) is 5.63. The molecule has 0 spiro atoms. The fraction of sp³-hybridized carbons (Fsp3) is 0.500. The number of rotatable bonds is 7. The fourth-order valence-electron chi connectivity index (χ4n) is 4.75. The second-order valence-electron chi connectivity index (χ2n) is 7.72. The summed E-state index contributed by atoms with van der Waals surface area (Å²) < 4.78 is 6.77. The van der Waals surface area contributed by atoms with Crippen LogP contribution in [0.3, 0.4) is 0 Å². The van der Waals surface area contributed by atoms with E-state index in [0.29, 0.717) is 18.0 Å². The highest BCUT2D eigenvalue weighted by molar-refractivity contribution is 6.03. The van der Waals surface area contributed by atoms with Gasteiger partial charge >= 0.3 is 5.97 Å². The maximum Gasteiger partial charge on any atom is 0.307 e. The Hall–Kier alpha value is -3.10. The van der Waals surface area contributed by atoms with Crippen molar-refractivity contribution in [1.82, 2.24) is 15.1 Å². The van der Waals surface area contributed by atoms with Crippen molar-refractivity contribution in [2.45, 2.75) is 39.3 Å².